The number of nitrogens with two attached hydrogens (primary N) is 1. The van der Waals surface area contributed by atoms with Crippen molar-refractivity contribution in [1.29, 1.82) is 0 Å². The van der Waals surface area contributed by atoms with Gasteiger partial charge in [0.1, 0.15) is 5.82 Å². The smallest absolute Gasteiger partial charge is 0.267 e. The summed E-state index contributed by atoms with van der Waals surface area (Å²) in [4.78, 5) is 20.8. The number of pyridine rings is 1. The Morgan fingerprint density at radius 3 is 2.90 bits per heavy atom. The van der Waals surface area contributed by atoms with Crippen molar-refractivity contribution < 1.29 is 0 Å². The molecule has 3 aromatic rings. The van der Waals surface area contributed by atoms with E-state index in [0.29, 0.717) is 15.9 Å². The molecule has 0 amide bonds. The second kappa shape index (κ2) is 5.44. The van der Waals surface area contributed by atoms with Crippen LogP contribution in [0.25, 0.3) is 10.9 Å². The predicted molar refractivity (Wildman–Crippen MR) is 91.2 cm³/mol. The fraction of sp³-hybridized carbons (Fsp3) is 0.133. The number of hydrogen-bond acceptors (Lipinski definition) is 4. The van der Waals surface area contributed by atoms with Crippen LogP contribution >= 0.6 is 22.6 Å². The summed E-state index contributed by atoms with van der Waals surface area (Å²) in [6.07, 6.45) is 1.55. The average Bonchev–Trinajstić information content (AvgIpc) is 2.48. The highest BCUT2D eigenvalue weighted by Crippen LogP contribution is 2.18. The molecule has 0 saturated heterocycles. The zero-order chi connectivity index (χ0) is 15.0. The highest BCUT2D eigenvalue weighted by Gasteiger charge is 2.09. The van der Waals surface area contributed by atoms with E-state index in [1.807, 2.05) is 59.8 Å². The minimum Gasteiger partial charge on any atom is -0.383 e. The Labute approximate surface area is 135 Å². The van der Waals surface area contributed by atoms with Gasteiger partial charge in [0, 0.05) is 10.9 Å². The molecule has 3 rings (SSSR count). The Hall–Kier alpha value is -1.96. The molecule has 2 aromatic heterocycles. The van der Waals surface area contributed by atoms with E-state index >= 15 is 0 Å². The third-order valence-corrected chi connectivity index (χ3v) is 4.58. The van der Waals surface area contributed by atoms with E-state index in [2.05, 4.69) is 9.97 Å². The van der Waals surface area contributed by atoms with E-state index in [9.17, 15) is 4.79 Å². The van der Waals surface area contributed by atoms with Crippen molar-refractivity contribution in [3.05, 3.63) is 61.8 Å². The third-order valence-electron chi connectivity index (χ3n) is 3.33. The van der Waals surface area contributed by atoms with Gasteiger partial charge in [0.2, 0.25) is 0 Å². The van der Waals surface area contributed by atoms with Crippen molar-refractivity contribution in [1.82, 2.24) is 14.5 Å². The molecule has 2 N–H and O–H groups in total. The average molecular weight is 392 g/mol. The Morgan fingerprint density at radius 1 is 1.33 bits per heavy atom. The number of rotatable bonds is 2. The Morgan fingerprint density at radius 2 is 2.10 bits per heavy atom. The van der Waals surface area contributed by atoms with Crippen molar-refractivity contribution in [3.8, 4) is 0 Å². The quantitative estimate of drug-likeness (QED) is 0.680. The number of aryl methyl sites for hydroxylation is 1. The maximum absolute atomic E-state index is 12.2. The van der Waals surface area contributed by atoms with Crippen LogP contribution < -0.4 is 11.3 Å². The van der Waals surface area contributed by atoms with Crippen LogP contribution in [0, 0.1) is 10.5 Å². The maximum atomic E-state index is 12.2. The lowest BCUT2D eigenvalue weighted by Crippen LogP contribution is -2.25. The predicted octanol–water partition coefficient (Wildman–Crippen LogP) is 2.34. The molecule has 0 aliphatic heterocycles. The maximum Gasteiger partial charge on any atom is 0.267 e. The second-order valence-electron chi connectivity index (χ2n) is 4.80. The lowest BCUT2D eigenvalue weighted by molar-refractivity contribution is 0.724. The van der Waals surface area contributed by atoms with E-state index in [4.69, 9.17) is 5.73 Å². The van der Waals surface area contributed by atoms with E-state index in [0.717, 1.165) is 22.2 Å². The first-order valence-electron chi connectivity index (χ1n) is 6.42. The molecular weight excluding hydrogens is 379 g/mol. The van der Waals surface area contributed by atoms with Crippen LogP contribution in [-0.4, -0.2) is 14.5 Å². The van der Waals surface area contributed by atoms with Gasteiger partial charge >= 0.3 is 0 Å². The first-order chi connectivity index (χ1) is 10.1. The van der Waals surface area contributed by atoms with Crippen LogP contribution in [0.1, 0.15) is 11.3 Å². The number of halogens is 1. The molecule has 0 spiro atoms. The minimum absolute atomic E-state index is 0.0596. The van der Waals surface area contributed by atoms with E-state index in [1.165, 1.54) is 0 Å². The molecule has 0 aliphatic carbocycles. The molecule has 0 radical (unpaired) electrons. The lowest BCUT2D eigenvalue weighted by atomic mass is 10.1. The Bertz CT molecular complexity index is 888. The summed E-state index contributed by atoms with van der Waals surface area (Å²) in [6.45, 7) is 2.19. The fourth-order valence-electron chi connectivity index (χ4n) is 2.14. The van der Waals surface area contributed by atoms with Crippen LogP contribution in [0.3, 0.4) is 0 Å². The second-order valence-corrected chi connectivity index (χ2v) is 5.88. The molecule has 0 aliphatic rings. The monoisotopic (exact) mass is 392 g/mol. The van der Waals surface area contributed by atoms with Crippen LogP contribution in [-0.2, 0) is 6.54 Å². The molecule has 0 fully saturated rings. The highest BCUT2D eigenvalue weighted by atomic mass is 127. The molecule has 106 valence electrons. The Kier molecular flexibility index (Phi) is 3.62. The summed E-state index contributed by atoms with van der Waals surface area (Å²) in [5.41, 5.74) is 8.35. The molecule has 0 atom stereocenters. The third kappa shape index (κ3) is 2.63. The standard InChI is InChI=1S/C15H13IN4O/c1-9-13(16)15(21)20(8-18-9)7-11-6-10-4-2-3-5-12(10)19-14(11)17/h2-6,8H,7H2,1H3,(H2,17,19). The summed E-state index contributed by atoms with van der Waals surface area (Å²) in [5.74, 6) is 0.441. The van der Waals surface area contributed by atoms with Gasteiger partial charge < -0.3 is 5.73 Å². The molecule has 0 saturated carbocycles. The zero-order valence-corrected chi connectivity index (χ0v) is 13.5. The SMILES string of the molecule is Cc1ncn(Cc2cc3ccccc3nc2N)c(=O)c1I. The zero-order valence-electron chi connectivity index (χ0n) is 11.4. The molecule has 5 nitrogen and oxygen atoms in total. The van der Waals surface area contributed by atoms with Crippen LogP contribution in [0.5, 0.6) is 0 Å². The van der Waals surface area contributed by atoms with Gasteiger partial charge in [-0.3, -0.25) is 9.36 Å². The van der Waals surface area contributed by atoms with Crippen molar-refractivity contribution in [3.63, 3.8) is 0 Å². The van der Waals surface area contributed by atoms with Crippen LogP contribution in [0.15, 0.2) is 41.5 Å². The van der Waals surface area contributed by atoms with Gasteiger partial charge in [-0.1, -0.05) is 18.2 Å². The molecular formula is C15H13IN4O. The number of hydrogen-bond donors (Lipinski definition) is 1. The number of para-hydroxylation sites is 1. The number of fused-ring (bicyclic) bond motifs is 1. The summed E-state index contributed by atoms with van der Waals surface area (Å²) in [5, 5.41) is 1.00. The van der Waals surface area contributed by atoms with E-state index in [1.54, 1.807) is 10.9 Å². The van der Waals surface area contributed by atoms with E-state index < -0.39 is 0 Å². The normalized spacial score (nSPS) is 11.0. The Balaban J connectivity index is 2.08. The fourth-order valence-corrected chi connectivity index (χ4v) is 2.59. The number of benzene rings is 1. The number of nitrogen functional groups attached to an aromatic ring is 1. The van der Waals surface area contributed by atoms with Gasteiger partial charge in [0.15, 0.2) is 0 Å². The lowest BCUT2D eigenvalue weighted by Gasteiger charge is -2.10. The number of aromatic nitrogens is 3. The van der Waals surface area contributed by atoms with Gasteiger partial charge in [-0.05, 0) is 41.6 Å². The minimum atomic E-state index is -0.0596. The van der Waals surface area contributed by atoms with Crippen LogP contribution in [0.2, 0.25) is 0 Å². The molecule has 21 heavy (non-hydrogen) atoms. The van der Waals surface area contributed by atoms with Gasteiger partial charge in [-0.25, -0.2) is 9.97 Å². The van der Waals surface area contributed by atoms with Gasteiger partial charge in [-0.2, -0.15) is 0 Å². The van der Waals surface area contributed by atoms with Crippen molar-refractivity contribution in [2.24, 2.45) is 0 Å². The van der Waals surface area contributed by atoms with Gasteiger partial charge in [0.05, 0.1) is 27.7 Å². The topological polar surface area (TPSA) is 73.8 Å². The van der Waals surface area contributed by atoms with Crippen molar-refractivity contribution in [2.45, 2.75) is 13.5 Å². The van der Waals surface area contributed by atoms with Gasteiger partial charge in [0.25, 0.3) is 5.56 Å². The first kappa shape index (κ1) is 14.0. The molecule has 6 heteroatoms. The van der Waals surface area contributed by atoms with Gasteiger partial charge in [-0.15, -0.1) is 0 Å². The molecule has 0 unspecified atom stereocenters. The molecule has 1 aromatic carbocycles. The largest absolute Gasteiger partial charge is 0.383 e. The summed E-state index contributed by atoms with van der Waals surface area (Å²) in [7, 11) is 0. The number of anilines is 1. The van der Waals surface area contributed by atoms with E-state index in [-0.39, 0.29) is 5.56 Å². The summed E-state index contributed by atoms with van der Waals surface area (Å²) < 4.78 is 2.18. The first-order valence-corrected chi connectivity index (χ1v) is 7.50. The summed E-state index contributed by atoms with van der Waals surface area (Å²) in [6, 6.07) is 9.73. The summed E-state index contributed by atoms with van der Waals surface area (Å²) >= 11 is 2.02. The highest BCUT2D eigenvalue weighted by molar-refractivity contribution is 14.1. The molecule has 0 bridgehead atoms. The molecule has 2 heterocycles. The number of nitrogens with zero attached hydrogens (tertiary/aromatic N) is 3. The van der Waals surface area contributed by atoms with Crippen molar-refractivity contribution in [2.75, 3.05) is 5.73 Å². The van der Waals surface area contributed by atoms with Crippen LogP contribution in [0.4, 0.5) is 5.82 Å². The van der Waals surface area contributed by atoms with Crippen molar-refractivity contribution >= 4 is 39.3 Å².